The molecule has 0 saturated carbocycles. The average Bonchev–Trinajstić information content (AvgIpc) is 2.91. The van der Waals surface area contributed by atoms with E-state index in [1.54, 1.807) is 11.8 Å². The van der Waals surface area contributed by atoms with Gasteiger partial charge in [-0.05, 0) is 25.0 Å². The molecule has 1 saturated heterocycles. The zero-order chi connectivity index (χ0) is 13.0. The molecule has 18 heavy (non-hydrogen) atoms. The highest BCUT2D eigenvalue weighted by Crippen LogP contribution is 2.15. The van der Waals surface area contributed by atoms with Crippen molar-refractivity contribution in [3.63, 3.8) is 0 Å². The number of nitrogens with one attached hydrogen (secondary N) is 1. The van der Waals surface area contributed by atoms with E-state index in [0.29, 0.717) is 6.54 Å². The average molecular weight is 264 g/mol. The van der Waals surface area contributed by atoms with Gasteiger partial charge in [0.1, 0.15) is 0 Å². The lowest BCUT2D eigenvalue weighted by Gasteiger charge is -2.24. The van der Waals surface area contributed by atoms with Crippen LogP contribution in [0.1, 0.15) is 18.1 Å². The number of rotatable bonds is 4. The van der Waals surface area contributed by atoms with E-state index in [1.807, 2.05) is 24.0 Å². The Bertz CT molecular complexity index is 416. The maximum absolute atomic E-state index is 12.3. The largest absolute Gasteiger partial charge is 0.337 e. The summed E-state index contributed by atoms with van der Waals surface area (Å²) in [7, 11) is 0. The monoisotopic (exact) mass is 264 g/mol. The van der Waals surface area contributed by atoms with Crippen LogP contribution in [-0.2, 0) is 11.3 Å². The second kappa shape index (κ2) is 6.25. The second-order valence-electron chi connectivity index (χ2n) is 4.55. The standard InChI is InChI=1S/C14H20N2OS/c1-3-16(14(17)13-9-18-10-15-13)8-12-7-5-4-6-11(12)2/h4-7,13,15H,3,8-10H2,1-2H3. The number of benzene rings is 1. The van der Waals surface area contributed by atoms with Gasteiger partial charge in [0.15, 0.2) is 0 Å². The van der Waals surface area contributed by atoms with Crippen LogP contribution in [0.4, 0.5) is 0 Å². The Morgan fingerprint density at radius 3 is 2.89 bits per heavy atom. The van der Waals surface area contributed by atoms with Gasteiger partial charge in [-0.3, -0.25) is 10.1 Å². The molecular formula is C14H20N2OS. The topological polar surface area (TPSA) is 32.3 Å². The molecule has 1 fully saturated rings. The van der Waals surface area contributed by atoms with Gasteiger partial charge in [-0.15, -0.1) is 11.8 Å². The molecule has 1 aromatic carbocycles. The molecule has 2 rings (SSSR count). The quantitative estimate of drug-likeness (QED) is 0.903. The van der Waals surface area contributed by atoms with E-state index in [1.165, 1.54) is 11.1 Å². The van der Waals surface area contributed by atoms with E-state index < -0.39 is 0 Å². The predicted molar refractivity (Wildman–Crippen MR) is 76.5 cm³/mol. The molecule has 1 aliphatic rings. The Kier molecular flexibility index (Phi) is 4.66. The van der Waals surface area contributed by atoms with Gasteiger partial charge in [-0.2, -0.15) is 0 Å². The van der Waals surface area contributed by atoms with Gasteiger partial charge in [0.25, 0.3) is 0 Å². The Morgan fingerprint density at radius 1 is 1.50 bits per heavy atom. The summed E-state index contributed by atoms with van der Waals surface area (Å²) in [6.45, 7) is 5.61. The van der Waals surface area contributed by atoms with Gasteiger partial charge < -0.3 is 4.90 Å². The number of thioether (sulfide) groups is 1. The maximum Gasteiger partial charge on any atom is 0.240 e. The first-order valence-corrected chi connectivity index (χ1v) is 7.52. The number of amides is 1. The van der Waals surface area contributed by atoms with Crippen molar-refractivity contribution in [3.8, 4) is 0 Å². The zero-order valence-corrected chi connectivity index (χ0v) is 11.8. The van der Waals surface area contributed by atoms with Gasteiger partial charge in [0.2, 0.25) is 5.91 Å². The van der Waals surface area contributed by atoms with Crippen LogP contribution in [0.5, 0.6) is 0 Å². The Morgan fingerprint density at radius 2 is 2.28 bits per heavy atom. The van der Waals surface area contributed by atoms with Crippen molar-refractivity contribution in [3.05, 3.63) is 35.4 Å². The summed E-state index contributed by atoms with van der Waals surface area (Å²) >= 11 is 1.79. The van der Waals surface area contributed by atoms with Crippen LogP contribution < -0.4 is 5.32 Å². The lowest BCUT2D eigenvalue weighted by atomic mass is 10.1. The number of aryl methyl sites for hydroxylation is 1. The molecule has 0 radical (unpaired) electrons. The van der Waals surface area contributed by atoms with Crippen molar-refractivity contribution in [2.45, 2.75) is 26.4 Å². The van der Waals surface area contributed by atoms with Crippen LogP contribution in [0.2, 0.25) is 0 Å². The highest BCUT2D eigenvalue weighted by Gasteiger charge is 2.26. The minimum Gasteiger partial charge on any atom is -0.337 e. The SMILES string of the molecule is CCN(Cc1ccccc1C)C(=O)C1CSCN1. The number of hydrogen-bond donors (Lipinski definition) is 1. The molecule has 0 aromatic heterocycles. The highest BCUT2D eigenvalue weighted by molar-refractivity contribution is 7.99. The number of hydrogen-bond acceptors (Lipinski definition) is 3. The fourth-order valence-corrected chi connectivity index (χ4v) is 3.05. The molecule has 0 aliphatic carbocycles. The highest BCUT2D eigenvalue weighted by atomic mass is 32.2. The van der Waals surface area contributed by atoms with Crippen LogP contribution in [0.15, 0.2) is 24.3 Å². The first kappa shape index (κ1) is 13.4. The van der Waals surface area contributed by atoms with E-state index in [-0.39, 0.29) is 11.9 Å². The minimum atomic E-state index is -0.000955. The van der Waals surface area contributed by atoms with Crippen molar-refractivity contribution in [1.29, 1.82) is 0 Å². The number of likely N-dealkylation sites (N-methyl/N-ethyl adjacent to an activating group) is 1. The Balaban J connectivity index is 2.05. The summed E-state index contributed by atoms with van der Waals surface area (Å²) in [6.07, 6.45) is 0. The fourth-order valence-electron chi connectivity index (χ4n) is 2.11. The van der Waals surface area contributed by atoms with Crippen molar-refractivity contribution >= 4 is 17.7 Å². The number of carbonyl (C=O) groups excluding carboxylic acids is 1. The lowest BCUT2D eigenvalue weighted by molar-refractivity contribution is -0.133. The molecule has 1 atom stereocenters. The third-order valence-electron chi connectivity index (χ3n) is 3.33. The second-order valence-corrected chi connectivity index (χ2v) is 5.58. The van der Waals surface area contributed by atoms with Gasteiger partial charge in [0.05, 0.1) is 6.04 Å². The van der Waals surface area contributed by atoms with Crippen LogP contribution >= 0.6 is 11.8 Å². The van der Waals surface area contributed by atoms with Gasteiger partial charge in [0, 0.05) is 24.7 Å². The first-order valence-electron chi connectivity index (χ1n) is 6.36. The summed E-state index contributed by atoms with van der Waals surface area (Å²) in [4.78, 5) is 14.3. The Hall–Kier alpha value is -1.00. The van der Waals surface area contributed by atoms with Gasteiger partial charge >= 0.3 is 0 Å². The lowest BCUT2D eigenvalue weighted by Crippen LogP contribution is -2.44. The smallest absolute Gasteiger partial charge is 0.240 e. The first-order chi connectivity index (χ1) is 8.72. The molecule has 1 heterocycles. The zero-order valence-electron chi connectivity index (χ0n) is 11.0. The fraction of sp³-hybridized carbons (Fsp3) is 0.500. The number of nitrogens with zero attached hydrogens (tertiary/aromatic N) is 1. The van der Waals surface area contributed by atoms with Crippen LogP contribution in [-0.4, -0.2) is 35.0 Å². The van der Waals surface area contributed by atoms with E-state index in [4.69, 9.17) is 0 Å². The van der Waals surface area contributed by atoms with Crippen LogP contribution in [0, 0.1) is 6.92 Å². The van der Waals surface area contributed by atoms with E-state index in [0.717, 1.165) is 18.2 Å². The predicted octanol–water partition coefficient (Wildman–Crippen LogP) is 2.01. The summed E-state index contributed by atoms with van der Waals surface area (Å²) in [5, 5.41) is 3.24. The summed E-state index contributed by atoms with van der Waals surface area (Å²) in [5.74, 6) is 2.01. The van der Waals surface area contributed by atoms with Crippen molar-refractivity contribution in [1.82, 2.24) is 10.2 Å². The molecule has 1 unspecified atom stereocenters. The third kappa shape index (κ3) is 3.06. The normalized spacial score (nSPS) is 18.9. The third-order valence-corrected chi connectivity index (χ3v) is 4.27. The molecule has 98 valence electrons. The van der Waals surface area contributed by atoms with Crippen LogP contribution in [0.3, 0.4) is 0 Å². The van der Waals surface area contributed by atoms with Crippen molar-refractivity contribution in [2.75, 3.05) is 18.2 Å². The summed E-state index contributed by atoms with van der Waals surface area (Å²) in [5.41, 5.74) is 2.48. The van der Waals surface area contributed by atoms with Crippen molar-refractivity contribution in [2.24, 2.45) is 0 Å². The molecular weight excluding hydrogens is 244 g/mol. The molecule has 4 heteroatoms. The molecule has 0 spiro atoms. The number of carbonyl (C=O) groups is 1. The van der Waals surface area contributed by atoms with E-state index in [2.05, 4.69) is 24.4 Å². The van der Waals surface area contributed by atoms with Crippen molar-refractivity contribution < 1.29 is 4.79 Å². The minimum absolute atomic E-state index is 0.000955. The molecule has 0 bridgehead atoms. The van der Waals surface area contributed by atoms with Crippen LogP contribution in [0.25, 0.3) is 0 Å². The van der Waals surface area contributed by atoms with Gasteiger partial charge in [-0.25, -0.2) is 0 Å². The molecule has 3 nitrogen and oxygen atoms in total. The van der Waals surface area contributed by atoms with E-state index >= 15 is 0 Å². The van der Waals surface area contributed by atoms with Gasteiger partial charge in [-0.1, -0.05) is 24.3 Å². The summed E-state index contributed by atoms with van der Waals surface area (Å²) < 4.78 is 0. The molecule has 1 aliphatic heterocycles. The Labute approximate surface area is 113 Å². The van der Waals surface area contributed by atoms with E-state index in [9.17, 15) is 4.79 Å². The molecule has 1 amide bonds. The molecule has 1 N–H and O–H groups in total. The summed E-state index contributed by atoms with van der Waals surface area (Å²) in [6, 6.07) is 8.26. The maximum atomic E-state index is 12.3. The molecule has 1 aromatic rings.